The van der Waals surface area contributed by atoms with Gasteiger partial charge in [-0.15, -0.1) is 0 Å². The van der Waals surface area contributed by atoms with Gasteiger partial charge in [0.15, 0.2) is 0 Å². The molecule has 0 heterocycles. The number of hydrogen-bond acceptors (Lipinski definition) is 4. The summed E-state index contributed by atoms with van der Waals surface area (Å²) in [5.74, 6) is -0.842. The van der Waals surface area contributed by atoms with E-state index in [1.165, 1.54) is 30.3 Å². The number of carbonyl (C=O) groups is 2. The van der Waals surface area contributed by atoms with Crippen molar-refractivity contribution in [1.29, 1.82) is 0 Å². The van der Waals surface area contributed by atoms with Crippen LogP contribution in [0.15, 0.2) is 71.6 Å². The molecule has 3 N–H and O–H groups in total. The number of hydrogen-bond donors (Lipinski definition) is 3. The second-order valence-corrected chi connectivity index (χ2v) is 9.83. The van der Waals surface area contributed by atoms with Gasteiger partial charge in [-0.25, -0.2) is 8.42 Å². The summed E-state index contributed by atoms with van der Waals surface area (Å²) in [5.41, 5.74) is 1.94. The number of halogens is 1. The Labute approximate surface area is 198 Å². The number of nitrogens with one attached hydrogen (secondary N) is 3. The van der Waals surface area contributed by atoms with E-state index in [0.29, 0.717) is 11.3 Å². The molecular formula is C24H24ClN3O4S. The average molecular weight is 486 g/mol. The summed E-state index contributed by atoms with van der Waals surface area (Å²) in [7, 11) is -3.81. The molecule has 0 atom stereocenters. The number of amides is 2. The topological polar surface area (TPSA) is 104 Å². The monoisotopic (exact) mass is 485 g/mol. The van der Waals surface area contributed by atoms with Crippen LogP contribution in [0.2, 0.25) is 5.02 Å². The molecule has 0 aliphatic heterocycles. The number of aryl methyl sites for hydroxylation is 1. The Morgan fingerprint density at radius 3 is 2.18 bits per heavy atom. The third kappa shape index (κ3) is 6.12. The molecule has 0 radical (unpaired) electrons. The zero-order chi connectivity index (χ0) is 24.2. The Morgan fingerprint density at radius 2 is 1.55 bits per heavy atom. The molecule has 3 aromatic rings. The number of para-hydroxylation sites is 1. The van der Waals surface area contributed by atoms with Gasteiger partial charge in [0.05, 0.1) is 32.4 Å². The van der Waals surface area contributed by atoms with Crippen LogP contribution in [-0.4, -0.2) is 26.3 Å². The molecule has 0 bridgehead atoms. The normalized spacial score (nSPS) is 11.2. The molecule has 2 amide bonds. The highest BCUT2D eigenvalue weighted by molar-refractivity contribution is 7.92. The van der Waals surface area contributed by atoms with Crippen molar-refractivity contribution in [2.75, 3.05) is 10.0 Å². The van der Waals surface area contributed by atoms with Gasteiger partial charge in [-0.2, -0.15) is 0 Å². The first kappa shape index (κ1) is 24.3. The minimum atomic E-state index is -3.81. The average Bonchev–Trinajstić information content (AvgIpc) is 2.73. The lowest BCUT2D eigenvalue weighted by Gasteiger charge is -2.14. The predicted molar refractivity (Wildman–Crippen MR) is 130 cm³/mol. The van der Waals surface area contributed by atoms with Gasteiger partial charge in [-0.1, -0.05) is 41.4 Å². The van der Waals surface area contributed by atoms with Gasteiger partial charge >= 0.3 is 0 Å². The predicted octanol–water partition coefficient (Wildman–Crippen LogP) is 4.84. The summed E-state index contributed by atoms with van der Waals surface area (Å²) >= 11 is 6.28. The molecular weight excluding hydrogens is 462 g/mol. The van der Waals surface area contributed by atoms with Crippen LogP contribution in [0.5, 0.6) is 0 Å². The van der Waals surface area contributed by atoms with Crippen molar-refractivity contribution in [3.63, 3.8) is 0 Å². The highest BCUT2D eigenvalue weighted by atomic mass is 35.5. The highest BCUT2D eigenvalue weighted by Gasteiger charge is 2.18. The summed E-state index contributed by atoms with van der Waals surface area (Å²) in [6.07, 6.45) is 0. The van der Waals surface area contributed by atoms with Crippen LogP contribution in [-0.2, 0) is 10.0 Å². The first-order valence-corrected chi connectivity index (χ1v) is 12.0. The fourth-order valence-corrected chi connectivity index (χ4v) is 4.33. The number of benzene rings is 3. The minimum absolute atomic E-state index is 0.0562. The largest absolute Gasteiger partial charge is 0.350 e. The fourth-order valence-electron chi connectivity index (χ4n) is 3.01. The summed E-state index contributed by atoms with van der Waals surface area (Å²) < 4.78 is 27.6. The molecule has 9 heteroatoms. The van der Waals surface area contributed by atoms with Gasteiger partial charge in [0.2, 0.25) is 0 Å². The lowest BCUT2D eigenvalue weighted by Crippen LogP contribution is -2.31. The Bertz CT molecular complexity index is 1290. The molecule has 0 aliphatic carbocycles. The van der Waals surface area contributed by atoms with E-state index in [1.807, 2.05) is 20.8 Å². The Kier molecular flexibility index (Phi) is 7.40. The number of rotatable bonds is 7. The minimum Gasteiger partial charge on any atom is -0.350 e. The van der Waals surface area contributed by atoms with Crippen LogP contribution in [0, 0.1) is 6.92 Å². The third-order valence-corrected chi connectivity index (χ3v) is 6.35. The maximum absolute atomic E-state index is 12.8. The standard InChI is InChI=1S/C24H24ClN3O4S/c1-15(2)26-24(30)20-6-4-5-7-22(20)27-23(29)19-13-10-17(14-21(19)25)28-33(31,32)18-11-8-16(3)9-12-18/h4-15,28H,1-3H3,(H,26,30)(H,27,29). The molecule has 3 rings (SSSR count). The summed E-state index contributed by atoms with van der Waals surface area (Å²) in [6, 6.07) is 17.2. The molecule has 0 saturated carbocycles. The molecule has 0 unspecified atom stereocenters. The smallest absolute Gasteiger partial charge is 0.261 e. The molecule has 0 spiro atoms. The lowest BCUT2D eigenvalue weighted by molar-refractivity contribution is 0.0944. The van der Waals surface area contributed by atoms with Crippen LogP contribution in [0.3, 0.4) is 0 Å². The van der Waals surface area contributed by atoms with E-state index in [-0.39, 0.29) is 33.1 Å². The van der Waals surface area contributed by atoms with E-state index in [1.54, 1.807) is 36.4 Å². The Balaban J connectivity index is 1.79. The van der Waals surface area contributed by atoms with Crippen LogP contribution in [0.1, 0.15) is 40.1 Å². The van der Waals surface area contributed by atoms with E-state index in [9.17, 15) is 18.0 Å². The summed E-state index contributed by atoms with van der Waals surface area (Å²) in [6.45, 7) is 5.55. The van der Waals surface area contributed by atoms with Crippen LogP contribution in [0.4, 0.5) is 11.4 Å². The van der Waals surface area contributed by atoms with E-state index >= 15 is 0 Å². The zero-order valence-electron chi connectivity index (χ0n) is 18.3. The zero-order valence-corrected chi connectivity index (χ0v) is 19.9. The van der Waals surface area contributed by atoms with Gasteiger partial charge in [0.25, 0.3) is 21.8 Å². The lowest BCUT2D eigenvalue weighted by atomic mass is 10.1. The maximum Gasteiger partial charge on any atom is 0.261 e. The van der Waals surface area contributed by atoms with E-state index in [4.69, 9.17) is 11.6 Å². The molecule has 7 nitrogen and oxygen atoms in total. The van der Waals surface area contributed by atoms with Crippen LogP contribution < -0.4 is 15.4 Å². The first-order chi connectivity index (χ1) is 15.6. The van der Waals surface area contributed by atoms with Crippen molar-refractivity contribution in [2.24, 2.45) is 0 Å². The van der Waals surface area contributed by atoms with Crippen molar-refractivity contribution in [2.45, 2.75) is 31.7 Å². The molecule has 3 aromatic carbocycles. The fraction of sp³-hybridized carbons (Fsp3) is 0.167. The Hall–Kier alpha value is -3.36. The van der Waals surface area contributed by atoms with Gasteiger partial charge in [-0.3, -0.25) is 14.3 Å². The molecule has 33 heavy (non-hydrogen) atoms. The third-order valence-electron chi connectivity index (χ3n) is 4.64. The molecule has 0 fully saturated rings. The Morgan fingerprint density at radius 1 is 0.879 bits per heavy atom. The number of sulfonamides is 1. The van der Waals surface area contributed by atoms with Crippen molar-refractivity contribution in [1.82, 2.24) is 5.32 Å². The SMILES string of the molecule is Cc1ccc(S(=O)(=O)Nc2ccc(C(=O)Nc3ccccc3C(=O)NC(C)C)c(Cl)c2)cc1. The van der Waals surface area contributed by atoms with E-state index < -0.39 is 15.9 Å². The van der Waals surface area contributed by atoms with Gasteiger partial charge in [0.1, 0.15) is 0 Å². The highest BCUT2D eigenvalue weighted by Crippen LogP contribution is 2.25. The molecule has 0 aliphatic rings. The van der Waals surface area contributed by atoms with Crippen LogP contribution >= 0.6 is 11.6 Å². The van der Waals surface area contributed by atoms with Crippen molar-refractivity contribution < 1.29 is 18.0 Å². The second kappa shape index (κ2) is 10.1. The maximum atomic E-state index is 12.8. The first-order valence-electron chi connectivity index (χ1n) is 10.2. The van der Waals surface area contributed by atoms with Gasteiger partial charge in [-0.05, 0) is 63.2 Å². The van der Waals surface area contributed by atoms with Crippen molar-refractivity contribution in [3.05, 3.63) is 88.4 Å². The summed E-state index contributed by atoms with van der Waals surface area (Å²) in [5, 5.41) is 5.54. The second-order valence-electron chi connectivity index (χ2n) is 7.74. The molecule has 0 aromatic heterocycles. The van der Waals surface area contributed by atoms with Crippen LogP contribution in [0.25, 0.3) is 0 Å². The molecule has 0 saturated heterocycles. The summed E-state index contributed by atoms with van der Waals surface area (Å²) in [4.78, 5) is 25.3. The number of anilines is 2. The van der Waals surface area contributed by atoms with Crippen molar-refractivity contribution >= 4 is 44.8 Å². The molecule has 172 valence electrons. The van der Waals surface area contributed by atoms with Crippen molar-refractivity contribution in [3.8, 4) is 0 Å². The van der Waals surface area contributed by atoms with Gasteiger partial charge in [0, 0.05) is 6.04 Å². The van der Waals surface area contributed by atoms with E-state index in [2.05, 4.69) is 15.4 Å². The van der Waals surface area contributed by atoms with Gasteiger partial charge < -0.3 is 10.6 Å². The van der Waals surface area contributed by atoms with E-state index in [0.717, 1.165) is 5.56 Å². The number of carbonyl (C=O) groups excluding carboxylic acids is 2. The quantitative estimate of drug-likeness (QED) is 0.445.